The minimum Gasteiger partial charge on any atom is -0.497 e. The van der Waals surface area contributed by atoms with Crippen LogP contribution in [0.5, 0.6) is 11.5 Å². The summed E-state index contributed by atoms with van der Waals surface area (Å²) < 4.78 is 47.3. The minimum atomic E-state index is -4.40. The van der Waals surface area contributed by atoms with Crippen molar-refractivity contribution in [3.8, 4) is 11.5 Å². The van der Waals surface area contributed by atoms with Crippen LogP contribution in [0.1, 0.15) is 11.1 Å². The van der Waals surface area contributed by atoms with Crippen LogP contribution >= 0.6 is 0 Å². The molecule has 0 aliphatic carbocycles. The summed E-state index contributed by atoms with van der Waals surface area (Å²) >= 11 is 0. The molecule has 0 aromatic heterocycles. The first-order chi connectivity index (χ1) is 6.90. The lowest BCUT2D eigenvalue weighted by atomic mass is 10.1. The van der Waals surface area contributed by atoms with Crippen molar-refractivity contribution in [2.24, 2.45) is 0 Å². The number of ether oxygens (including phenoxy) is 2. The molecule has 0 atom stereocenters. The third-order valence-corrected chi connectivity index (χ3v) is 2.09. The van der Waals surface area contributed by atoms with Gasteiger partial charge in [-0.3, -0.25) is 0 Å². The van der Waals surface area contributed by atoms with Gasteiger partial charge in [0.2, 0.25) is 0 Å². The number of hydrogen-bond donors (Lipinski definition) is 0. The van der Waals surface area contributed by atoms with Crippen molar-refractivity contribution in [2.45, 2.75) is 13.1 Å². The van der Waals surface area contributed by atoms with Gasteiger partial charge in [0.05, 0.1) is 19.8 Å². The van der Waals surface area contributed by atoms with Crippen molar-refractivity contribution in [1.82, 2.24) is 0 Å². The summed E-state index contributed by atoms with van der Waals surface area (Å²) in [4.78, 5) is 0. The van der Waals surface area contributed by atoms with E-state index in [1.807, 2.05) is 0 Å². The smallest absolute Gasteiger partial charge is 0.416 e. The molecule has 0 bridgehead atoms. The fourth-order valence-corrected chi connectivity index (χ4v) is 1.29. The summed E-state index contributed by atoms with van der Waals surface area (Å²) in [7, 11) is 2.63. The Hall–Kier alpha value is -1.39. The van der Waals surface area contributed by atoms with Gasteiger partial charge in [0.15, 0.2) is 0 Å². The van der Waals surface area contributed by atoms with Gasteiger partial charge in [-0.05, 0) is 13.0 Å². The molecule has 1 rings (SSSR count). The van der Waals surface area contributed by atoms with E-state index in [1.165, 1.54) is 27.2 Å². The van der Waals surface area contributed by atoms with Crippen LogP contribution in [-0.2, 0) is 6.18 Å². The Balaban J connectivity index is 3.37. The monoisotopic (exact) mass is 220 g/mol. The van der Waals surface area contributed by atoms with Crippen molar-refractivity contribution in [1.29, 1.82) is 0 Å². The van der Waals surface area contributed by atoms with Crippen molar-refractivity contribution < 1.29 is 22.6 Å². The summed E-state index contributed by atoms with van der Waals surface area (Å²) in [5, 5.41) is 0. The lowest BCUT2D eigenvalue weighted by Crippen LogP contribution is -2.08. The molecule has 0 aliphatic rings. The Bertz CT molecular complexity index is 358. The van der Waals surface area contributed by atoms with Gasteiger partial charge in [0.1, 0.15) is 11.5 Å². The van der Waals surface area contributed by atoms with E-state index in [1.54, 1.807) is 0 Å². The molecule has 0 heterocycles. The quantitative estimate of drug-likeness (QED) is 0.762. The van der Waals surface area contributed by atoms with E-state index in [9.17, 15) is 13.2 Å². The highest BCUT2D eigenvalue weighted by molar-refractivity contribution is 5.47. The average Bonchev–Trinajstić information content (AvgIpc) is 2.16. The molecule has 2 nitrogen and oxygen atoms in total. The molecule has 1 aromatic carbocycles. The predicted octanol–water partition coefficient (Wildman–Crippen LogP) is 3.03. The first-order valence-corrected chi connectivity index (χ1v) is 4.20. The largest absolute Gasteiger partial charge is 0.497 e. The van der Waals surface area contributed by atoms with E-state index in [0.717, 1.165) is 6.07 Å². The fraction of sp³-hybridized carbons (Fsp3) is 0.400. The third kappa shape index (κ3) is 2.34. The lowest BCUT2D eigenvalue weighted by Gasteiger charge is -2.14. The molecule has 0 unspecified atom stereocenters. The van der Waals surface area contributed by atoms with Crippen LogP contribution < -0.4 is 9.47 Å². The van der Waals surface area contributed by atoms with Crippen molar-refractivity contribution >= 4 is 0 Å². The maximum Gasteiger partial charge on any atom is 0.416 e. The van der Waals surface area contributed by atoms with Crippen LogP contribution in [0.4, 0.5) is 13.2 Å². The Kier molecular flexibility index (Phi) is 3.12. The number of alkyl halides is 3. The summed E-state index contributed by atoms with van der Waals surface area (Å²) in [6.07, 6.45) is -4.40. The molecule has 0 aliphatic heterocycles. The van der Waals surface area contributed by atoms with Crippen LogP contribution in [0.3, 0.4) is 0 Å². The van der Waals surface area contributed by atoms with Crippen molar-refractivity contribution in [2.75, 3.05) is 14.2 Å². The van der Waals surface area contributed by atoms with E-state index in [2.05, 4.69) is 0 Å². The minimum absolute atomic E-state index is 0.0609. The summed E-state index contributed by atoms with van der Waals surface area (Å²) in [5.41, 5.74) is -0.676. The van der Waals surface area contributed by atoms with Crippen molar-refractivity contribution in [3.63, 3.8) is 0 Å². The Morgan fingerprint density at radius 3 is 2.07 bits per heavy atom. The van der Waals surface area contributed by atoms with Gasteiger partial charge in [-0.2, -0.15) is 13.2 Å². The summed E-state index contributed by atoms with van der Waals surface area (Å²) in [6.45, 7) is 1.36. The predicted molar refractivity (Wildman–Crippen MR) is 49.3 cm³/mol. The van der Waals surface area contributed by atoms with E-state index in [-0.39, 0.29) is 17.1 Å². The molecule has 0 spiro atoms. The van der Waals surface area contributed by atoms with Crippen LogP contribution in [0.2, 0.25) is 0 Å². The number of halogens is 3. The van der Waals surface area contributed by atoms with Crippen LogP contribution in [0, 0.1) is 6.92 Å². The highest BCUT2D eigenvalue weighted by atomic mass is 19.4. The molecular weight excluding hydrogens is 209 g/mol. The number of hydrogen-bond acceptors (Lipinski definition) is 2. The molecule has 15 heavy (non-hydrogen) atoms. The summed E-state index contributed by atoms with van der Waals surface area (Å²) in [5.74, 6) is 0.298. The Morgan fingerprint density at radius 2 is 1.67 bits per heavy atom. The van der Waals surface area contributed by atoms with Gasteiger partial charge in [-0.1, -0.05) is 0 Å². The molecule has 0 fully saturated rings. The van der Waals surface area contributed by atoms with Gasteiger partial charge in [-0.25, -0.2) is 0 Å². The summed E-state index contributed by atoms with van der Waals surface area (Å²) in [6, 6.07) is 2.38. The van der Waals surface area contributed by atoms with E-state index in [4.69, 9.17) is 9.47 Å². The SMILES string of the molecule is COc1cc(OC)c(C)c(C(F)(F)F)c1. The van der Waals surface area contributed by atoms with Crippen LogP contribution in [-0.4, -0.2) is 14.2 Å². The van der Waals surface area contributed by atoms with E-state index >= 15 is 0 Å². The van der Waals surface area contributed by atoms with Gasteiger partial charge in [0, 0.05) is 11.6 Å². The second kappa shape index (κ2) is 4.00. The highest BCUT2D eigenvalue weighted by Gasteiger charge is 2.34. The third-order valence-electron chi connectivity index (χ3n) is 2.09. The van der Waals surface area contributed by atoms with E-state index < -0.39 is 11.7 Å². The second-order valence-electron chi connectivity index (χ2n) is 3.00. The maximum atomic E-state index is 12.6. The Morgan fingerprint density at radius 1 is 1.07 bits per heavy atom. The zero-order valence-corrected chi connectivity index (χ0v) is 8.61. The van der Waals surface area contributed by atoms with Gasteiger partial charge in [0.25, 0.3) is 0 Å². The fourth-order valence-electron chi connectivity index (χ4n) is 1.29. The molecule has 5 heteroatoms. The lowest BCUT2D eigenvalue weighted by molar-refractivity contribution is -0.138. The first-order valence-electron chi connectivity index (χ1n) is 4.20. The highest BCUT2D eigenvalue weighted by Crippen LogP contribution is 2.38. The number of benzene rings is 1. The number of methoxy groups -OCH3 is 2. The van der Waals surface area contributed by atoms with Gasteiger partial charge >= 0.3 is 6.18 Å². The second-order valence-corrected chi connectivity index (χ2v) is 3.00. The average molecular weight is 220 g/mol. The topological polar surface area (TPSA) is 18.5 Å². The molecule has 0 saturated heterocycles. The zero-order chi connectivity index (χ0) is 11.6. The van der Waals surface area contributed by atoms with E-state index in [0.29, 0.717) is 0 Å². The normalized spacial score (nSPS) is 11.3. The zero-order valence-electron chi connectivity index (χ0n) is 8.61. The molecule has 0 amide bonds. The standard InChI is InChI=1S/C10H11F3O2/c1-6-8(10(11,12)13)4-7(14-2)5-9(6)15-3/h4-5H,1-3H3. The molecule has 0 radical (unpaired) electrons. The molecule has 0 N–H and O–H groups in total. The Labute approximate surface area is 85.6 Å². The van der Waals surface area contributed by atoms with Crippen LogP contribution in [0.15, 0.2) is 12.1 Å². The molecule has 0 saturated carbocycles. The van der Waals surface area contributed by atoms with Gasteiger partial charge in [-0.15, -0.1) is 0 Å². The van der Waals surface area contributed by atoms with Gasteiger partial charge < -0.3 is 9.47 Å². The van der Waals surface area contributed by atoms with Crippen molar-refractivity contribution in [3.05, 3.63) is 23.3 Å². The number of rotatable bonds is 2. The maximum absolute atomic E-state index is 12.6. The molecule has 1 aromatic rings. The molecule has 84 valence electrons. The van der Waals surface area contributed by atoms with Crippen LogP contribution in [0.25, 0.3) is 0 Å². The molecular formula is C10H11F3O2. The first kappa shape index (κ1) is 11.7.